The molecule has 2 fully saturated rings. The van der Waals surface area contributed by atoms with Gasteiger partial charge in [0.1, 0.15) is 11.5 Å². The van der Waals surface area contributed by atoms with Gasteiger partial charge in [0.2, 0.25) is 5.91 Å². The van der Waals surface area contributed by atoms with E-state index in [1.165, 1.54) is 0 Å². The molecule has 2 aliphatic rings. The van der Waals surface area contributed by atoms with Gasteiger partial charge in [-0.1, -0.05) is 6.07 Å². The third-order valence-corrected chi connectivity index (χ3v) is 5.52. The van der Waals surface area contributed by atoms with Crippen molar-refractivity contribution in [3.8, 4) is 0 Å². The third-order valence-electron chi connectivity index (χ3n) is 5.52. The number of piperidine rings is 1. The standard InChI is InChI=1S/C21H30N4O2/c1-21(2,3)23-19-18(22-17-6-4-5-10-25(17)19)15-7-11-24(12-8-15)20(26)16-9-13-27-14-16/h4-6,10,15-16,23H,7-9,11-14H2,1-3H3/t16-/m0/s1. The van der Waals surface area contributed by atoms with Gasteiger partial charge in [-0.25, -0.2) is 4.98 Å². The summed E-state index contributed by atoms with van der Waals surface area (Å²) in [6.45, 7) is 9.44. The van der Waals surface area contributed by atoms with Crippen LogP contribution in [-0.2, 0) is 9.53 Å². The average molecular weight is 370 g/mol. The summed E-state index contributed by atoms with van der Waals surface area (Å²) in [4.78, 5) is 19.6. The molecule has 2 aliphatic heterocycles. The highest BCUT2D eigenvalue weighted by Gasteiger charge is 2.33. The second-order valence-corrected chi connectivity index (χ2v) is 8.81. The highest BCUT2D eigenvalue weighted by atomic mass is 16.5. The first kappa shape index (κ1) is 18.3. The van der Waals surface area contributed by atoms with Gasteiger partial charge in [-0.3, -0.25) is 9.20 Å². The van der Waals surface area contributed by atoms with E-state index in [-0.39, 0.29) is 17.4 Å². The molecule has 0 radical (unpaired) electrons. The summed E-state index contributed by atoms with van der Waals surface area (Å²) in [7, 11) is 0. The number of hydrogen-bond acceptors (Lipinski definition) is 4. The lowest BCUT2D eigenvalue weighted by Gasteiger charge is -2.33. The maximum Gasteiger partial charge on any atom is 0.228 e. The van der Waals surface area contributed by atoms with E-state index in [2.05, 4.69) is 42.8 Å². The van der Waals surface area contributed by atoms with Gasteiger partial charge >= 0.3 is 0 Å². The number of likely N-dealkylation sites (tertiary alicyclic amines) is 1. The molecule has 2 aromatic rings. The Hall–Kier alpha value is -2.08. The zero-order valence-electron chi connectivity index (χ0n) is 16.6. The topological polar surface area (TPSA) is 58.9 Å². The first-order chi connectivity index (χ1) is 12.9. The fourth-order valence-electron chi connectivity index (χ4n) is 4.14. The van der Waals surface area contributed by atoms with Crippen molar-refractivity contribution >= 4 is 17.4 Å². The van der Waals surface area contributed by atoms with E-state index in [1.54, 1.807) is 0 Å². The Bertz CT molecular complexity index is 809. The van der Waals surface area contributed by atoms with Crippen LogP contribution in [0.5, 0.6) is 0 Å². The second kappa shape index (κ2) is 7.15. The van der Waals surface area contributed by atoms with Crippen molar-refractivity contribution in [3.63, 3.8) is 0 Å². The monoisotopic (exact) mass is 370 g/mol. The van der Waals surface area contributed by atoms with Gasteiger partial charge < -0.3 is 15.0 Å². The average Bonchev–Trinajstić information content (AvgIpc) is 3.29. The quantitative estimate of drug-likeness (QED) is 0.901. The summed E-state index contributed by atoms with van der Waals surface area (Å²) in [5.41, 5.74) is 2.06. The molecule has 0 saturated carbocycles. The minimum Gasteiger partial charge on any atom is -0.381 e. The lowest BCUT2D eigenvalue weighted by atomic mass is 9.92. The Morgan fingerprint density at radius 3 is 2.67 bits per heavy atom. The number of amides is 1. The van der Waals surface area contributed by atoms with Gasteiger partial charge in [0.05, 0.1) is 18.2 Å². The van der Waals surface area contributed by atoms with E-state index < -0.39 is 0 Å². The van der Waals surface area contributed by atoms with Crippen LogP contribution in [0.1, 0.15) is 51.6 Å². The predicted octanol–water partition coefficient (Wildman–Crippen LogP) is 3.29. The second-order valence-electron chi connectivity index (χ2n) is 8.81. The van der Waals surface area contributed by atoms with Crippen molar-refractivity contribution in [2.75, 3.05) is 31.6 Å². The van der Waals surface area contributed by atoms with Crippen LogP contribution in [0.4, 0.5) is 5.82 Å². The summed E-state index contributed by atoms with van der Waals surface area (Å²) in [5, 5.41) is 3.65. The number of fused-ring (bicyclic) bond motifs is 1. The smallest absolute Gasteiger partial charge is 0.228 e. The molecule has 4 heterocycles. The molecule has 0 aliphatic carbocycles. The molecule has 1 atom stereocenters. The summed E-state index contributed by atoms with van der Waals surface area (Å²) < 4.78 is 7.53. The molecule has 0 aromatic carbocycles. The van der Waals surface area contributed by atoms with E-state index in [1.807, 2.05) is 17.0 Å². The molecule has 0 bridgehead atoms. The number of carbonyl (C=O) groups is 1. The number of carbonyl (C=O) groups excluding carboxylic acids is 1. The number of imidazole rings is 1. The zero-order chi connectivity index (χ0) is 19.0. The molecule has 2 saturated heterocycles. The number of anilines is 1. The van der Waals surface area contributed by atoms with Crippen LogP contribution in [0, 0.1) is 5.92 Å². The van der Waals surface area contributed by atoms with E-state index in [0.717, 1.165) is 56.1 Å². The number of pyridine rings is 1. The summed E-state index contributed by atoms with van der Waals surface area (Å²) >= 11 is 0. The SMILES string of the molecule is CC(C)(C)Nc1c(C2CCN(C(=O)[C@H]3CCOC3)CC2)nc2ccccn12. The van der Waals surface area contributed by atoms with Gasteiger partial charge in [-0.2, -0.15) is 0 Å². The molecule has 4 rings (SSSR count). The number of ether oxygens (including phenoxy) is 1. The Kier molecular flexibility index (Phi) is 4.84. The third kappa shape index (κ3) is 3.81. The Morgan fingerprint density at radius 1 is 1.22 bits per heavy atom. The van der Waals surface area contributed by atoms with Crippen LogP contribution < -0.4 is 5.32 Å². The van der Waals surface area contributed by atoms with Crippen molar-refractivity contribution in [1.82, 2.24) is 14.3 Å². The van der Waals surface area contributed by atoms with Crippen molar-refractivity contribution < 1.29 is 9.53 Å². The van der Waals surface area contributed by atoms with Gasteiger partial charge in [0.25, 0.3) is 0 Å². The molecule has 27 heavy (non-hydrogen) atoms. The number of aromatic nitrogens is 2. The highest BCUT2D eigenvalue weighted by molar-refractivity contribution is 5.79. The van der Waals surface area contributed by atoms with Crippen LogP contribution in [0.25, 0.3) is 5.65 Å². The van der Waals surface area contributed by atoms with E-state index in [0.29, 0.717) is 12.5 Å². The van der Waals surface area contributed by atoms with Crippen LogP contribution in [-0.4, -0.2) is 52.0 Å². The minimum atomic E-state index is -0.0420. The predicted molar refractivity (Wildman–Crippen MR) is 106 cm³/mol. The largest absolute Gasteiger partial charge is 0.381 e. The van der Waals surface area contributed by atoms with Gasteiger partial charge in [0.15, 0.2) is 0 Å². The molecule has 0 spiro atoms. The first-order valence-electron chi connectivity index (χ1n) is 10.0. The summed E-state index contributed by atoms with van der Waals surface area (Å²) in [6.07, 6.45) is 4.85. The normalized spacial score (nSPS) is 21.7. The molecular weight excluding hydrogens is 340 g/mol. The van der Waals surface area contributed by atoms with Gasteiger partial charge in [0, 0.05) is 37.4 Å². The van der Waals surface area contributed by atoms with Crippen molar-refractivity contribution in [3.05, 3.63) is 30.1 Å². The summed E-state index contributed by atoms with van der Waals surface area (Å²) in [5.74, 6) is 1.80. The van der Waals surface area contributed by atoms with Crippen LogP contribution >= 0.6 is 0 Å². The fourth-order valence-corrected chi connectivity index (χ4v) is 4.14. The van der Waals surface area contributed by atoms with Crippen molar-refractivity contribution in [1.29, 1.82) is 0 Å². The molecule has 1 N–H and O–H groups in total. The molecule has 6 nitrogen and oxygen atoms in total. The fraction of sp³-hybridized carbons (Fsp3) is 0.619. The van der Waals surface area contributed by atoms with Crippen LogP contribution in [0.15, 0.2) is 24.4 Å². The highest BCUT2D eigenvalue weighted by Crippen LogP contribution is 2.35. The van der Waals surface area contributed by atoms with Crippen LogP contribution in [0.2, 0.25) is 0 Å². The minimum absolute atomic E-state index is 0.0420. The molecule has 0 unspecified atom stereocenters. The molecule has 6 heteroatoms. The Labute approximate surface area is 160 Å². The van der Waals surface area contributed by atoms with Gasteiger partial charge in [-0.15, -0.1) is 0 Å². The molecular formula is C21H30N4O2. The van der Waals surface area contributed by atoms with Crippen molar-refractivity contribution in [2.24, 2.45) is 5.92 Å². The first-order valence-corrected chi connectivity index (χ1v) is 10.0. The number of rotatable bonds is 3. The van der Waals surface area contributed by atoms with Crippen LogP contribution in [0.3, 0.4) is 0 Å². The number of nitrogens with one attached hydrogen (secondary N) is 1. The van der Waals surface area contributed by atoms with Crippen molar-refractivity contribution in [2.45, 2.75) is 51.5 Å². The zero-order valence-corrected chi connectivity index (χ0v) is 16.6. The molecule has 1 amide bonds. The Morgan fingerprint density at radius 2 is 2.00 bits per heavy atom. The van der Waals surface area contributed by atoms with E-state index in [9.17, 15) is 4.79 Å². The van der Waals surface area contributed by atoms with E-state index in [4.69, 9.17) is 9.72 Å². The Balaban J connectivity index is 1.53. The maximum atomic E-state index is 12.7. The van der Waals surface area contributed by atoms with E-state index >= 15 is 0 Å². The molecule has 2 aromatic heterocycles. The lowest BCUT2D eigenvalue weighted by molar-refractivity contribution is -0.136. The lowest BCUT2D eigenvalue weighted by Crippen LogP contribution is -2.41. The number of nitrogens with zero attached hydrogens (tertiary/aromatic N) is 3. The number of hydrogen-bond donors (Lipinski definition) is 1. The van der Waals surface area contributed by atoms with Gasteiger partial charge in [-0.05, 0) is 52.2 Å². The maximum absolute atomic E-state index is 12.7. The molecule has 146 valence electrons. The summed E-state index contributed by atoms with van der Waals surface area (Å²) in [6, 6.07) is 6.12.